The van der Waals surface area contributed by atoms with Gasteiger partial charge in [0.1, 0.15) is 5.82 Å². The minimum absolute atomic E-state index is 0.448. The molecule has 2 atom stereocenters. The van der Waals surface area contributed by atoms with Gasteiger partial charge in [0, 0.05) is 25.2 Å². The number of rotatable bonds is 2. The molecule has 0 radical (unpaired) electrons. The first-order valence-electron chi connectivity index (χ1n) is 5.91. The molecule has 17 heavy (non-hydrogen) atoms. The Bertz CT molecular complexity index is 386. The van der Waals surface area contributed by atoms with E-state index in [2.05, 4.69) is 29.0 Å². The van der Waals surface area contributed by atoms with E-state index in [1.54, 1.807) is 7.11 Å². The summed E-state index contributed by atoms with van der Waals surface area (Å²) in [5.74, 6) is 2.00. The van der Waals surface area contributed by atoms with E-state index in [0.29, 0.717) is 23.7 Å². The lowest BCUT2D eigenvalue weighted by Gasteiger charge is -2.37. The number of nitrogen functional groups attached to an aromatic ring is 1. The fourth-order valence-electron chi connectivity index (χ4n) is 2.31. The number of methoxy groups -OCH3 is 1. The summed E-state index contributed by atoms with van der Waals surface area (Å²) in [6.45, 7) is 6.25. The van der Waals surface area contributed by atoms with Gasteiger partial charge < -0.3 is 20.7 Å². The van der Waals surface area contributed by atoms with Crippen LogP contribution in [0.1, 0.15) is 13.8 Å². The fourth-order valence-corrected chi connectivity index (χ4v) is 2.31. The zero-order valence-electron chi connectivity index (χ0n) is 10.6. The lowest BCUT2D eigenvalue weighted by Crippen LogP contribution is -2.54. The van der Waals surface area contributed by atoms with Gasteiger partial charge >= 0.3 is 0 Å². The predicted octanol–water partition coefficient (Wildman–Crippen LogP) is 0.859. The van der Waals surface area contributed by atoms with Gasteiger partial charge in [-0.2, -0.15) is 0 Å². The van der Waals surface area contributed by atoms with Gasteiger partial charge in [0.05, 0.1) is 7.11 Å². The first-order valence-corrected chi connectivity index (χ1v) is 5.91. The van der Waals surface area contributed by atoms with Crippen LogP contribution in [0, 0.1) is 0 Å². The molecule has 5 heteroatoms. The van der Waals surface area contributed by atoms with Crippen molar-refractivity contribution < 1.29 is 4.74 Å². The first kappa shape index (κ1) is 12.0. The largest absolute Gasteiger partial charge is 0.493 e. The van der Waals surface area contributed by atoms with Crippen molar-refractivity contribution in [3.63, 3.8) is 0 Å². The average molecular weight is 236 g/mol. The Morgan fingerprint density at radius 1 is 1.35 bits per heavy atom. The van der Waals surface area contributed by atoms with Crippen molar-refractivity contribution in [2.75, 3.05) is 30.8 Å². The summed E-state index contributed by atoms with van der Waals surface area (Å²) in [5, 5.41) is 3.49. The number of aromatic nitrogens is 1. The molecule has 94 valence electrons. The number of pyridine rings is 1. The molecule has 0 saturated carbocycles. The fraction of sp³-hybridized carbons (Fsp3) is 0.583. The minimum atomic E-state index is 0.448. The van der Waals surface area contributed by atoms with Crippen molar-refractivity contribution in [2.24, 2.45) is 0 Å². The van der Waals surface area contributed by atoms with Gasteiger partial charge in [0.2, 0.25) is 0 Å². The highest BCUT2D eigenvalue weighted by molar-refractivity contribution is 5.54. The zero-order valence-corrected chi connectivity index (χ0v) is 10.6. The van der Waals surface area contributed by atoms with Crippen molar-refractivity contribution in [1.82, 2.24) is 10.3 Å². The molecule has 0 spiro atoms. The molecular weight excluding hydrogens is 216 g/mol. The molecule has 1 aromatic rings. The van der Waals surface area contributed by atoms with Gasteiger partial charge in [-0.3, -0.25) is 0 Å². The second-order valence-electron chi connectivity index (χ2n) is 4.63. The van der Waals surface area contributed by atoms with Crippen molar-refractivity contribution >= 4 is 11.6 Å². The average Bonchev–Trinajstić information content (AvgIpc) is 2.27. The molecule has 1 aliphatic rings. The van der Waals surface area contributed by atoms with E-state index >= 15 is 0 Å². The van der Waals surface area contributed by atoms with Crippen LogP contribution >= 0.6 is 0 Å². The molecule has 5 nitrogen and oxygen atoms in total. The molecule has 1 saturated heterocycles. The Morgan fingerprint density at radius 3 is 2.53 bits per heavy atom. The molecule has 0 aromatic carbocycles. The Labute approximate surface area is 102 Å². The van der Waals surface area contributed by atoms with Gasteiger partial charge in [-0.05, 0) is 26.0 Å². The second-order valence-corrected chi connectivity index (χ2v) is 4.63. The van der Waals surface area contributed by atoms with E-state index in [-0.39, 0.29) is 0 Å². The zero-order chi connectivity index (χ0) is 12.4. The molecule has 2 rings (SSSR count). The Morgan fingerprint density at radius 2 is 2.00 bits per heavy atom. The Hall–Kier alpha value is -1.49. The summed E-state index contributed by atoms with van der Waals surface area (Å²) in [7, 11) is 1.60. The number of hydrogen-bond donors (Lipinski definition) is 2. The minimum Gasteiger partial charge on any atom is -0.493 e. The van der Waals surface area contributed by atoms with E-state index in [1.807, 2.05) is 12.1 Å². The highest BCUT2D eigenvalue weighted by Crippen LogP contribution is 2.23. The van der Waals surface area contributed by atoms with Crippen LogP contribution in [-0.4, -0.2) is 37.3 Å². The summed E-state index contributed by atoms with van der Waals surface area (Å²) >= 11 is 0. The van der Waals surface area contributed by atoms with Crippen LogP contribution in [-0.2, 0) is 0 Å². The molecule has 1 fully saturated rings. The predicted molar refractivity (Wildman–Crippen MR) is 69.5 cm³/mol. The van der Waals surface area contributed by atoms with Crippen molar-refractivity contribution in [1.29, 1.82) is 0 Å². The van der Waals surface area contributed by atoms with Crippen LogP contribution in [0.3, 0.4) is 0 Å². The molecule has 3 N–H and O–H groups in total. The SMILES string of the molecule is COc1ccc(N2CC(C)NC(C)C2)nc1N. The number of anilines is 2. The van der Waals surface area contributed by atoms with Crippen LogP contribution in [0.4, 0.5) is 11.6 Å². The van der Waals surface area contributed by atoms with Crippen LogP contribution in [0.2, 0.25) is 0 Å². The maximum absolute atomic E-state index is 5.83. The van der Waals surface area contributed by atoms with E-state index in [0.717, 1.165) is 18.9 Å². The molecule has 0 aliphatic carbocycles. The number of ether oxygens (including phenoxy) is 1. The maximum atomic E-state index is 5.83. The summed E-state index contributed by atoms with van der Waals surface area (Å²) in [6, 6.07) is 4.75. The number of nitrogens with zero attached hydrogens (tertiary/aromatic N) is 2. The molecule has 1 aromatic heterocycles. The van der Waals surface area contributed by atoms with Crippen LogP contribution in [0.5, 0.6) is 5.75 Å². The van der Waals surface area contributed by atoms with E-state index < -0.39 is 0 Å². The third kappa shape index (κ3) is 2.61. The number of nitrogens with two attached hydrogens (primary N) is 1. The molecule has 2 unspecified atom stereocenters. The van der Waals surface area contributed by atoms with Gasteiger partial charge in [-0.15, -0.1) is 0 Å². The van der Waals surface area contributed by atoms with Gasteiger partial charge in [-0.25, -0.2) is 4.98 Å². The molecule has 2 heterocycles. The van der Waals surface area contributed by atoms with Crippen LogP contribution in [0.15, 0.2) is 12.1 Å². The first-order chi connectivity index (χ1) is 8.10. The quantitative estimate of drug-likeness (QED) is 0.797. The highest BCUT2D eigenvalue weighted by Gasteiger charge is 2.22. The molecule has 1 aliphatic heterocycles. The molecule has 0 bridgehead atoms. The van der Waals surface area contributed by atoms with Crippen LogP contribution in [0.25, 0.3) is 0 Å². The Balaban J connectivity index is 2.19. The highest BCUT2D eigenvalue weighted by atomic mass is 16.5. The number of nitrogens with one attached hydrogen (secondary N) is 1. The Kier molecular flexibility index (Phi) is 3.38. The van der Waals surface area contributed by atoms with Crippen molar-refractivity contribution in [2.45, 2.75) is 25.9 Å². The monoisotopic (exact) mass is 236 g/mol. The third-order valence-corrected chi connectivity index (χ3v) is 2.97. The summed E-state index contributed by atoms with van der Waals surface area (Å²) in [5.41, 5.74) is 5.83. The van der Waals surface area contributed by atoms with Gasteiger partial charge in [0.15, 0.2) is 11.6 Å². The summed E-state index contributed by atoms with van der Waals surface area (Å²) < 4.78 is 5.11. The summed E-state index contributed by atoms with van der Waals surface area (Å²) in [6.07, 6.45) is 0. The lowest BCUT2D eigenvalue weighted by atomic mass is 10.1. The van der Waals surface area contributed by atoms with Crippen molar-refractivity contribution in [3.8, 4) is 5.75 Å². The standard InChI is InChI=1S/C12H20N4O/c1-8-6-16(7-9(2)14-8)11-5-4-10(17-3)12(13)15-11/h4-5,8-9,14H,6-7H2,1-3H3,(H2,13,15). The third-order valence-electron chi connectivity index (χ3n) is 2.97. The molecule has 0 amide bonds. The normalized spacial score (nSPS) is 24.8. The van der Waals surface area contributed by atoms with Crippen LogP contribution < -0.4 is 20.7 Å². The van der Waals surface area contributed by atoms with E-state index in [9.17, 15) is 0 Å². The number of piperazine rings is 1. The van der Waals surface area contributed by atoms with Crippen molar-refractivity contribution in [3.05, 3.63) is 12.1 Å². The molecular formula is C12H20N4O. The second kappa shape index (κ2) is 4.79. The topological polar surface area (TPSA) is 63.4 Å². The maximum Gasteiger partial charge on any atom is 0.168 e. The van der Waals surface area contributed by atoms with E-state index in [4.69, 9.17) is 10.5 Å². The van der Waals surface area contributed by atoms with E-state index in [1.165, 1.54) is 0 Å². The lowest BCUT2D eigenvalue weighted by molar-refractivity contribution is 0.403. The van der Waals surface area contributed by atoms with Gasteiger partial charge in [-0.1, -0.05) is 0 Å². The summed E-state index contributed by atoms with van der Waals surface area (Å²) in [4.78, 5) is 6.64. The van der Waals surface area contributed by atoms with Gasteiger partial charge in [0.25, 0.3) is 0 Å². The number of hydrogen-bond acceptors (Lipinski definition) is 5. The smallest absolute Gasteiger partial charge is 0.168 e.